The Hall–Kier alpha value is -1.03. The van der Waals surface area contributed by atoms with Crippen molar-refractivity contribution < 1.29 is 9.53 Å². The van der Waals surface area contributed by atoms with Crippen molar-refractivity contribution in [2.75, 3.05) is 20.2 Å². The monoisotopic (exact) mass is 494 g/mol. The molecular weight excluding hydrogens is 463 g/mol. The molecular formula is C18H31IN4O2S. The molecule has 26 heavy (non-hydrogen) atoms. The molecule has 0 aliphatic heterocycles. The molecule has 148 valence electrons. The summed E-state index contributed by atoms with van der Waals surface area (Å²) in [4.78, 5) is 18.7. The second kappa shape index (κ2) is 11.6. The molecule has 0 saturated heterocycles. The van der Waals surface area contributed by atoms with E-state index < -0.39 is 0 Å². The van der Waals surface area contributed by atoms with Gasteiger partial charge in [0.1, 0.15) is 0 Å². The molecule has 1 amide bonds. The van der Waals surface area contributed by atoms with Crippen molar-refractivity contribution in [2.24, 2.45) is 10.9 Å². The normalized spacial score (nSPS) is 16.2. The van der Waals surface area contributed by atoms with Crippen molar-refractivity contribution in [2.45, 2.75) is 52.1 Å². The molecule has 1 aromatic rings. The Labute approximate surface area is 177 Å². The predicted molar refractivity (Wildman–Crippen MR) is 119 cm³/mol. The van der Waals surface area contributed by atoms with Crippen LogP contribution in [0.4, 0.5) is 4.79 Å². The van der Waals surface area contributed by atoms with Crippen LogP contribution in [0, 0.1) is 12.8 Å². The molecule has 3 N–H and O–H groups in total. The Kier molecular flexibility index (Phi) is 10.3. The minimum atomic E-state index is -0.342. The molecule has 1 aliphatic rings. The first-order valence-corrected chi connectivity index (χ1v) is 9.79. The second-order valence-electron chi connectivity index (χ2n) is 6.52. The first-order valence-electron chi connectivity index (χ1n) is 8.97. The number of nitrogens with zero attached hydrogens (tertiary/aromatic N) is 1. The Morgan fingerprint density at radius 3 is 2.65 bits per heavy atom. The quantitative estimate of drug-likeness (QED) is 0.295. The number of carbonyl (C=O) groups is 1. The van der Waals surface area contributed by atoms with Gasteiger partial charge in [0.2, 0.25) is 0 Å². The van der Waals surface area contributed by atoms with E-state index in [1.54, 1.807) is 7.05 Å². The van der Waals surface area contributed by atoms with E-state index in [0.717, 1.165) is 25.2 Å². The Morgan fingerprint density at radius 2 is 2.12 bits per heavy atom. The maximum Gasteiger partial charge on any atom is 0.407 e. The SMILES string of the molecule is CCOC(=O)NC(CNC(=NC)NC(C)Cc1ccc(C)s1)C1CC1.I. The minimum Gasteiger partial charge on any atom is -0.450 e. The second-order valence-corrected chi connectivity index (χ2v) is 7.90. The highest BCUT2D eigenvalue weighted by molar-refractivity contribution is 14.0. The summed E-state index contributed by atoms with van der Waals surface area (Å²) in [5, 5.41) is 9.70. The molecule has 2 atom stereocenters. The van der Waals surface area contributed by atoms with Crippen LogP contribution in [0.3, 0.4) is 0 Å². The van der Waals surface area contributed by atoms with Gasteiger partial charge in [-0.3, -0.25) is 4.99 Å². The van der Waals surface area contributed by atoms with Gasteiger partial charge < -0.3 is 20.7 Å². The molecule has 8 heteroatoms. The molecule has 2 rings (SSSR count). The van der Waals surface area contributed by atoms with Crippen LogP contribution in [0.1, 0.15) is 36.4 Å². The summed E-state index contributed by atoms with van der Waals surface area (Å²) in [5.74, 6) is 1.29. The predicted octanol–water partition coefficient (Wildman–Crippen LogP) is 3.30. The van der Waals surface area contributed by atoms with Gasteiger partial charge in [-0.2, -0.15) is 0 Å². The highest BCUT2D eigenvalue weighted by Gasteiger charge is 2.32. The Balaban J connectivity index is 0.00000338. The first kappa shape index (κ1) is 23.0. The van der Waals surface area contributed by atoms with E-state index in [1.807, 2.05) is 18.3 Å². The molecule has 1 heterocycles. The number of carbonyl (C=O) groups excluding carboxylic acids is 1. The third kappa shape index (κ3) is 8.11. The highest BCUT2D eigenvalue weighted by atomic mass is 127. The van der Waals surface area contributed by atoms with Gasteiger partial charge in [0.05, 0.1) is 12.6 Å². The molecule has 0 bridgehead atoms. The van der Waals surface area contributed by atoms with Gasteiger partial charge in [-0.05, 0) is 51.7 Å². The highest BCUT2D eigenvalue weighted by Crippen LogP contribution is 2.32. The zero-order valence-corrected chi connectivity index (χ0v) is 19.1. The van der Waals surface area contributed by atoms with Gasteiger partial charge in [0.15, 0.2) is 5.96 Å². The molecule has 2 unspecified atom stereocenters. The summed E-state index contributed by atoms with van der Waals surface area (Å²) in [6.45, 7) is 7.12. The van der Waals surface area contributed by atoms with Crippen LogP contribution in [0.5, 0.6) is 0 Å². The summed E-state index contributed by atoms with van der Waals surface area (Å²) >= 11 is 1.83. The fourth-order valence-electron chi connectivity index (χ4n) is 2.74. The molecule has 0 spiro atoms. The lowest BCUT2D eigenvalue weighted by Gasteiger charge is -2.22. The van der Waals surface area contributed by atoms with Gasteiger partial charge in [-0.1, -0.05) is 0 Å². The minimum absolute atomic E-state index is 0. The number of hydrogen-bond donors (Lipinski definition) is 3. The topological polar surface area (TPSA) is 74.8 Å². The van der Waals surface area contributed by atoms with Gasteiger partial charge in [0, 0.05) is 35.8 Å². The zero-order chi connectivity index (χ0) is 18.2. The molecule has 0 aromatic carbocycles. The van der Waals surface area contributed by atoms with Gasteiger partial charge in [-0.25, -0.2) is 4.79 Å². The largest absolute Gasteiger partial charge is 0.450 e. The molecule has 1 aromatic heterocycles. The average Bonchev–Trinajstić information content (AvgIpc) is 3.33. The molecule has 1 aliphatic carbocycles. The van der Waals surface area contributed by atoms with Crippen molar-refractivity contribution in [1.29, 1.82) is 0 Å². The number of guanidine groups is 1. The molecule has 1 fully saturated rings. The number of aryl methyl sites for hydroxylation is 1. The van der Waals surface area contributed by atoms with Crippen LogP contribution in [0.15, 0.2) is 17.1 Å². The summed E-state index contributed by atoms with van der Waals surface area (Å²) in [5.41, 5.74) is 0. The lowest BCUT2D eigenvalue weighted by atomic mass is 10.2. The van der Waals surface area contributed by atoms with Gasteiger partial charge in [0.25, 0.3) is 0 Å². The number of rotatable bonds is 8. The van der Waals surface area contributed by atoms with E-state index in [9.17, 15) is 4.79 Å². The van der Waals surface area contributed by atoms with Crippen molar-refractivity contribution in [1.82, 2.24) is 16.0 Å². The standard InChI is InChI=1S/C18H30N4O2S.HI/c1-5-24-18(23)22-16(14-7-8-14)11-20-17(19-4)21-12(2)10-15-9-6-13(3)25-15;/h6,9,12,14,16H,5,7-8,10-11H2,1-4H3,(H,22,23)(H2,19,20,21);1H. The summed E-state index contributed by atoms with van der Waals surface area (Å²) in [6.07, 6.45) is 2.93. The van der Waals surface area contributed by atoms with E-state index in [-0.39, 0.29) is 42.2 Å². The van der Waals surface area contributed by atoms with Crippen LogP contribution < -0.4 is 16.0 Å². The zero-order valence-electron chi connectivity index (χ0n) is 16.0. The van der Waals surface area contributed by atoms with Crippen molar-refractivity contribution in [3.05, 3.63) is 21.9 Å². The fraction of sp³-hybridized carbons (Fsp3) is 0.667. The van der Waals surface area contributed by atoms with E-state index in [4.69, 9.17) is 4.74 Å². The number of nitrogens with one attached hydrogen (secondary N) is 3. The van der Waals surface area contributed by atoms with Crippen molar-refractivity contribution in [3.63, 3.8) is 0 Å². The lowest BCUT2D eigenvalue weighted by Crippen LogP contribution is -2.50. The first-order chi connectivity index (χ1) is 12.0. The smallest absolute Gasteiger partial charge is 0.407 e. The van der Waals surface area contributed by atoms with Crippen LogP contribution in [-0.4, -0.2) is 44.3 Å². The van der Waals surface area contributed by atoms with E-state index in [2.05, 4.69) is 46.9 Å². The number of aliphatic imine (C=N–C) groups is 1. The third-order valence-corrected chi connectivity index (χ3v) is 5.19. The van der Waals surface area contributed by atoms with Crippen LogP contribution in [0.25, 0.3) is 0 Å². The van der Waals surface area contributed by atoms with E-state index in [0.29, 0.717) is 19.1 Å². The fourth-order valence-corrected chi connectivity index (χ4v) is 3.76. The number of thiophene rings is 1. The number of ether oxygens (including phenoxy) is 1. The number of alkyl carbamates (subject to hydrolysis) is 1. The van der Waals surface area contributed by atoms with Crippen LogP contribution in [0.2, 0.25) is 0 Å². The van der Waals surface area contributed by atoms with Crippen LogP contribution >= 0.6 is 35.3 Å². The summed E-state index contributed by atoms with van der Waals surface area (Å²) in [7, 11) is 1.77. The maximum absolute atomic E-state index is 11.7. The Bertz CT molecular complexity index is 590. The summed E-state index contributed by atoms with van der Waals surface area (Å²) < 4.78 is 4.99. The van der Waals surface area contributed by atoms with E-state index >= 15 is 0 Å². The van der Waals surface area contributed by atoms with E-state index in [1.165, 1.54) is 9.75 Å². The maximum atomic E-state index is 11.7. The number of amides is 1. The number of halogens is 1. The lowest BCUT2D eigenvalue weighted by molar-refractivity contribution is 0.146. The molecule has 1 saturated carbocycles. The van der Waals surface area contributed by atoms with Gasteiger partial charge >= 0.3 is 6.09 Å². The average molecular weight is 494 g/mol. The summed E-state index contributed by atoms with van der Waals surface area (Å²) in [6, 6.07) is 4.69. The Morgan fingerprint density at radius 1 is 1.38 bits per heavy atom. The molecule has 0 radical (unpaired) electrons. The van der Waals surface area contributed by atoms with Gasteiger partial charge in [-0.15, -0.1) is 35.3 Å². The third-order valence-electron chi connectivity index (χ3n) is 4.17. The van der Waals surface area contributed by atoms with Crippen LogP contribution in [-0.2, 0) is 11.2 Å². The number of hydrogen-bond acceptors (Lipinski definition) is 4. The molecule has 6 nitrogen and oxygen atoms in total. The van der Waals surface area contributed by atoms with Crippen molar-refractivity contribution in [3.8, 4) is 0 Å². The van der Waals surface area contributed by atoms with Crippen molar-refractivity contribution >= 4 is 47.4 Å².